The molecule has 4 aliphatic rings. The molecule has 0 radical (unpaired) electrons. The second kappa shape index (κ2) is 6.63. The highest BCUT2D eigenvalue weighted by Gasteiger charge is 2.59. The van der Waals surface area contributed by atoms with Crippen LogP contribution in [-0.4, -0.2) is 24.1 Å². The van der Waals surface area contributed by atoms with E-state index in [1.165, 1.54) is 31.8 Å². The van der Waals surface area contributed by atoms with Crippen LogP contribution in [0.2, 0.25) is 0 Å². The number of allylic oxidation sites excluding steroid dienone is 1. The largest absolute Gasteiger partial charge is 0.462 e. The van der Waals surface area contributed by atoms with E-state index in [1.807, 2.05) is 0 Å². The van der Waals surface area contributed by atoms with Crippen LogP contribution in [0.5, 0.6) is 0 Å². The van der Waals surface area contributed by atoms with E-state index < -0.39 is 0 Å². The third-order valence-corrected chi connectivity index (χ3v) is 8.61. The van der Waals surface area contributed by atoms with Crippen LogP contribution in [0.3, 0.4) is 0 Å². The highest BCUT2D eigenvalue weighted by atomic mass is 16.5. The van der Waals surface area contributed by atoms with Crippen molar-refractivity contribution in [1.29, 1.82) is 0 Å². The van der Waals surface area contributed by atoms with Crippen LogP contribution in [0.25, 0.3) is 0 Å². The van der Waals surface area contributed by atoms with Crippen LogP contribution < -0.4 is 0 Å². The lowest BCUT2D eigenvalue weighted by molar-refractivity contribution is -0.157. The van der Waals surface area contributed by atoms with Gasteiger partial charge in [-0.3, -0.25) is 9.59 Å². The molecule has 27 heavy (non-hydrogen) atoms. The summed E-state index contributed by atoms with van der Waals surface area (Å²) in [6, 6.07) is 0. The van der Waals surface area contributed by atoms with Crippen LogP contribution in [0.15, 0.2) is 11.6 Å². The van der Waals surface area contributed by atoms with E-state index in [-0.39, 0.29) is 35.0 Å². The van der Waals surface area contributed by atoms with Crippen LogP contribution in [0.4, 0.5) is 0 Å². The Labute approximate surface area is 163 Å². The van der Waals surface area contributed by atoms with Crippen molar-refractivity contribution in [2.45, 2.75) is 91.3 Å². The van der Waals surface area contributed by atoms with Crippen LogP contribution in [0, 0.1) is 28.6 Å². The van der Waals surface area contributed by atoms with Gasteiger partial charge in [0.2, 0.25) is 0 Å². The molecule has 150 valence electrons. The minimum absolute atomic E-state index is 0.0317. The zero-order valence-corrected chi connectivity index (χ0v) is 17.3. The van der Waals surface area contributed by atoms with Crippen molar-refractivity contribution in [2.24, 2.45) is 28.6 Å². The Hall–Kier alpha value is -1.32. The number of rotatable bonds is 2. The third kappa shape index (κ3) is 3.03. The van der Waals surface area contributed by atoms with Gasteiger partial charge in [0, 0.05) is 19.3 Å². The van der Waals surface area contributed by atoms with E-state index in [0.717, 1.165) is 38.0 Å². The molecule has 7 atom stereocenters. The van der Waals surface area contributed by atoms with Gasteiger partial charge in [0.15, 0.2) is 0 Å². The summed E-state index contributed by atoms with van der Waals surface area (Å²) in [5, 5.41) is 0. The normalized spacial score (nSPS) is 45.8. The maximum atomic E-state index is 11.6. The smallest absolute Gasteiger partial charge is 0.303 e. The molecule has 0 saturated heterocycles. The Morgan fingerprint density at radius 1 is 0.926 bits per heavy atom. The van der Waals surface area contributed by atoms with Gasteiger partial charge in [0.25, 0.3) is 0 Å². The van der Waals surface area contributed by atoms with Gasteiger partial charge >= 0.3 is 11.9 Å². The molecule has 4 rings (SSSR count). The molecule has 0 aromatic rings. The maximum Gasteiger partial charge on any atom is 0.303 e. The summed E-state index contributed by atoms with van der Waals surface area (Å²) in [7, 11) is 0. The van der Waals surface area contributed by atoms with E-state index in [0.29, 0.717) is 11.8 Å². The standard InChI is InChI=1S/C23H34O4/c1-14(24)26-17-9-11-22(3)16(13-17)5-6-18-19-7-8-21(27-15(2)25)23(19,4)12-10-20(18)22/h13,17-21H,5-12H2,1-4H3/t17-,18+,19+,20+,21-,22+,23+/m1/s1. The molecule has 0 unspecified atom stereocenters. The lowest BCUT2D eigenvalue weighted by atomic mass is 9.47. The highest BCUT2D eigenvalue weighted by molar-refractivity contribution is 5.66. The molecule has 4 heteroatoms. The first kappa shape index (κ1) is 19.0. The minimum Gasteiger partial charge on any atom is -0.462 e. The van der Waals surface area contributed by atoms with Crippen LogP contribution in [0.1, 0.15) is 79.1 Å². The first-order valence-electron chi connectivity index (χ1n) is 10.8. The molecule has 0 bridgehead atoms. The van der Waals surface area contributed by atoms with Crippen molar-refractivity contribution in [3.05, 3.63) is 11.6 Å². The summed E-state index contributed by atoms with van der Waals surface area (Å²) in [6.45, 7) is 7.88. The van der Waals surface area contributed by atoms with Crippen molar-refractivity contribution >= 4 is 11.9 Å². The Bertz CT molecular complexity index is 667. The number of fused-ring (bicyclic) bond motifs is 5. The third-order valence-electron chi connectivity index (χ3n) is 8.61. The first-order valence-corrected chi connectivity index (χ1v) is 10.8. The van der Waals surface area contributed by atoms with Gasteiger partial charge in [-0.15, -0.1) is 0 Å². The zero-order chi connectivity index (χ0) is 19.4. The summed E-state index contributed by atoms with van der Waals surface area (Å²) in [5.41, 5.74) is 1.93. The van der Waals surface area contributed by atoms with Crippen molar-refractivity contribution in [3.8, 4) is 0 Å². The predicted molar refractivity (Wildman–Crippen MR) is 103 cm³/mol. The quantitative estimate of drug-likeness (QED) is 0.514. The summed E-state index contributed by atoms with van der Waals surface area (Å²) in [4.78, 5) is 22.9. The maximum absolute atomic E-state index is 11.6. The SMILES string of the molecule is CC(=O)O[C@H]1C=C2CC[C@H]3[C@@H]4CC[C@@H](OC(C)=O)[C@@]4(C)CC[C@@H]3[C@@]2(C)CC1. The van der Waals surface area contributed by atoms with Gasteiger partial charge in [0.05, 0.1) is 0 Å². The van der Waals surface area contributed by atoms with Crippen molar-refractivity contribution in [3.63, 3.8) is 0 Å². The molecule has 4 aliphatic carbocycles. The number of carbonyl (C=O) groups excluding carboxylic acids is 2. The van der Waals surface area contributed by atoms with Gasteiger partial charge in [0.1, 0.15) is 12.2 Å². The monoisotopic (exact) mass is 374 g/mol. The molecule has 0 amide bonds. The highest BCUT2D eigenvalue weighted by Crippen LogP contribution is 2.65. The van der Waals surface area contributed by atoms with Crippen molar-refractivity contribution < 1.29 is 19.1 Å². The van der Waals surface area contributed by atoms with E-state index in [9.17, 15) is 9.59 Å². The fourth-order valence-corrected chi connectivity index (χ4v) is 7.35. The zero-order valence-electron chi connectivity index (χ0n) is 17.3. The number of esters is 2. The Balaban J connectivity index is 1.56. The average Bonchev–Trinajstić information content (AvgIpc) is 2.91. The minimum atomic E-state index is -0.176. The number of carbonyl (C=O) groups is 2. The van der Waals surface area contributed by atoms with E-state index in [2.05, 4.69) is 19.9 Å². The van der Waals surface area contributed by atoms with Crippen molar-refractivity contribution in [1.82, 2.24) is 0 Å². The topological polar surface area (TPSA) is 52.6 Å². The molecule has 3 saturated carbocycles. The van der Waals surface area contributed by atoms with Gasteiger partial charge in [-0.1, -0.05) is 19.4 Å². The fraction of sp³-hybridized carbons (Fsp3) is 0.826. The fourth-order valence-electron chi connectivity index (χ4n) is 7.35. The van der Waals surface area contributed by atoms with Gasteiger partial charge in [-0.2, -0.15) is 0 Å². The second-order valence-corrected chi connectivity index (χ2v) is 9.93. The van der Waals surface area contributed by atoms with Crippen LogP contribution in [-0.2, 0) is 19.1 Å². The summed E-state index contributed by atoms with van der Waals surface area (Å²) >= 11 is 0. The van der Waals surface area contributed by atoms with Gasteiger partial charge in [-0.05, 0) is 80.6 Å². The average molecular weight is 375 g/mol. The lowest BCUT2D eigenvalue weighted by Crippen LogP contribution is -2.52. The number of hydrogen-bond donors (Lipinski definition) is 0. The Kier molecular flexibility index (Phi) is 4.67. The Morgan fingerprint density at radius 2 is 1.67 bits per heavy atom. The van der Waals surface area contributed by atoms with Crippen molar-refractivity contribution in [2.75, 3.05) is 0 Å². The number of ether oxygens (including phenoxy) is 2. The molecule has 0 spiro atoms. The number of hydrogen-bond acceptors (Lipinski definition) is 4. The molecular weight excluding hydrogens is 340 g/mol. The first-order chi connectivity index (χ1) is 12.7. The predicted octanol–water partition coefficient (Wildman–Crippen LogP) is 4.81. The van der Waals surface area contributed by atoms with Crippen LogP contribution >= 0.6 is 0 Å². The van der Waals surface area contributed by atoms with E-state index >= 15 is 0 Å². The second-order valence-electron chi connectivity index (χ2n) is 9.93. The molecule has 0 N–H and O–H groups in total. The Morgan fingerprint density at radius 3 is 2.37 bits per heavy atom. The summed E-state index contributed by atoms with van der Waals surface area (Å²) in [6.07, 6.45) is 11.4. The van der Waals surface area contributed by atoms with Gasteiger partial charge < -0.3 is 9.47 Å². The lowest BCUT2D eigenvalue weighted by Gasteiger charge is -2.58. The molecule has 4 nitrogen and oxygen atoms in total. The molecular formula is C23H34O4. The molecule has 3 fully saturated rings. The molecule has 0 aromatic carbocycles. The molecule has 0 heterocycles. The van der Waals surface area contributed by atoms with E-state index in [4.69, 9.17) is 9.47 Å². The molecule has 0 aromatic heterocycles. The molecule has 0 aliphatic heterocycles. The van der Waals surface area contributed by atoms with Gasteiger partial charge in [-0.25, -0.2) is 0 Å². The summed E-state index contributed by atoms with van der Waals surface area (Å²) in [5.74, 6) is 1.81. The summed E-state index contributed by atoms with van der Waals surface area (Å²) < 4.78 is 11.2. The van der Waals surface area contributed by atoms with E-state index in [1.54, 1.807) is 6.92 Å².